The zero-order chi connectivity index (χ0) is 13.9. The van der Waals surface area contributed by atoms with E-state index in [0.717, 1.165) is 5.56 Å². The molecule has 0 aliphatic heterocycles. The molecule has 0 radical (unpaired) electrons. The number of nitrogens with two attached hydrogens (primary N) is 1. The number of aromatic nitrogens is 4. The van der Waals surface area contributed by atoms with E-state index in [4.69, 9.17) is 11.0 Å². The highest BCUT2D eigenvalue weighted by atomic mass is 15.1. The van der Waals surface area contributed by atoms with Gasteiger partial charge in [-0.15, -0.1) is 0 Å². The summed E-state index contributed by atoms with van der Waals surface area (Å²) < 4.78 is 1.73. The van der Waals surface area contributed by atoms with Gasteiger partial charge in [-0.2, -0.15) is 5.26 Å². The monoisotopic (exact) mass is 262 g/mol. The van der Waals surface area contributed by atoms with Gasteiger partial charge in [0.15, 0.2) is 11.5 Å². The van der Waals surface area contributed by atoms with E-state index in [1.54, 1.807) is 35.3 Å². The van der Waals surface area contributed by atoms with Crippen molar-refractivity contribution in [2.45, 2.75) is 0 Å². The Morgan fingerprint density at radius 3 is 2.50 bits per heavy atom. The summed E-state index contributed by atoms with van der Waals surface area (Å²) in [5, 5.41) is 9.11. The predicted octanol–water partition coefficient (Wildman–Crippen LogP) is 1.78. The minimum absolute atomic E-state index is 0.252. The molecule has 2 heterocycles. The van der Waals surface area contributed by atoms with Crippen molar-refractivity contribution in [1.29, 1.82) is 5.26 Å². The molecule has 0 aliphatic carbocycles. The van der Waals surface area contributed by atoms with Gasteiger partial charge in [0.25, 0.3) is 0 Å². The van der Waals surface area contributed by atoms with E-state index >= 15 is 0 Å². The summed E-state index contributed by atoms with van der Waals surface area (Å²) in [6.07, 6.45) is 6.43. The standard InChI is InChI=1S/C14H10N6/c15-9-12-14(18-6-5-17-12)20-8-7-19-13(20)10-1-3-11(16)4-2-10/h1-8H,16H2. The molecule has 20 heavy (non-hydrogen) atoms. The number of anilines is 1. The van der Waals surface area contributed by atoms with Gasteiger partial charge in [-0.3, -0.25) is 4.57 Å². The number of nitriles is 1. The van der Waals surface area contributed by atoms with E-state index in [9.17, 15) is 0 Å². The minimum Gasteiger partial charge on any atom is -0.399 e. The third kappa shape index (κ3) is 1.97. The highest BCUT2D eigenvalue weighted by Gasteiger charge is 2.12. The molecule has 3 rings (SSSR count). The number of hydrogen-bond acceptors (Lipinski definition) is 5. The zero-order valence-electron chi connectivity index (χ0n) is 10.4. The number of imidazole rings is 1. The summed E-state index contributed by atoms with van der Waals surface area (Å²) in [6, 6.07) is 9.38. The molecule has 96 valence electrons. The lowest BCUT2D eigenvalue weighted by atomic mass is 10.2. The first-order valence-corrected chi connectivity index (χ1v) is 5.90. The molecule has 0 spiro atoms. The van der Waals surface area contributed by atoms with Crippen molar-refractivity contribution < 1.29 is 0 Å². The van der Waals surface area contributed by atoms with Crippen LogP contribution in [0.1, 0.15) is 5.69 Å². The minimum atomic E-state index is 0.252. The van der Waals surface area contributed by atoms with Crippen LogP contribution in [0.5, 0.6) is 0 Å². The van der Waals surface area contributed by atoms with Crippen molar-refractivity contribution in [1.82, 2.24) is 19.5 Å². The molecule has 1 aromatic carbocycles. The number of rotatable bonds is 2. The van der Waals surface area contributed by atoms with Crippen LogP contribution >= 0.6 is 0 Å². The maximum Gasteiger partial charge on any atom is 0.183 e. The topological polar surface area (TPSA) is 93.4 Å². The number of benzene rings is 1. The molecular formula is C14H10N6. The van der Waals surface area contributed by atoms with Gasteiger partial charge in [0.1, 0.15) is 11.9 Å². The molecule has 6 heteroatoms. The lowest BCUT2D eigenvalue weighted by Gasteiger charge is -2.07. The lowest BCUT2D eigenvalue weighted by Crippen LogP contribution is -2.03. The van der Waals surface area contributed by atoms with E-state index in [2.05, 4.69) is 15.0 Å². The quantitative estimate of drug-likeness (QED) is 0.710. The van der Waals surface area contributed by atoms with Crippen LogP contribution in [-0.2, 0) is 0 Å². The van der Waals surface area contributed by atoms with Crippen molar-refractivity contribution in [3.63, 3.8) is 0 Å². The first-order chi connectivity index (χ1) is 9.79. The predicted molar refractivity (Wildman–Crippen MR) is 73.7 cm³/mol. The van der Waals surface area contributed by atoms with Crippen LogP contribution in [0.15, 0.2) is 49.1 Å². The highest BCUT2D eigenvalue weighted by molar-refractivity contribution is 5.61. The Balaban J connectivity index is 2.16. The normalized spacial score (nSPS) is 10.2. The van der Waals surface area contributed by atoms with Crippen LogP contribution < -0.4 is 5.73 Å². The molecule has 2 N–H and O–H groups in total. The van der Waals surface area contributed by atoms with Crippen LogP contribution in [0.25, 0.3) is 17.2 Å². The highest BCUT2D eigenvalue weighted by Crippen LogP contribution is 2.22. The molecule has 0 aliphatic rings. The second-order valence-corrected chi connectivity index (χ2v) is 4.08. The van der Waals surface area contributed by atoms with Crippen LogP contribution in [-0.4, -0.2) is 19.5 Å². The third-order valence-corrected chi connectivity index (χ3v) is 2.82. The Kier molecular flexibility index (Phi) is 2.86. The Labute approximate surface area is 115 Å². The first-order valence-electron chi connectivity index (χ1n) is 5.90. The summed E-state index contributed by atoms with van der Waals surface area (Å²) in [6.45, 7) is 0. The first kappa shape index (κ1) is 11.9. The van der Waals surface area contributed by atoms with Crippen molar-refractivity contribution in [2.75, 3.05) is 5.73 Å². The van der Waals surface area contributed by atoms with Gasteiger partial charge >= 0.3 is 0 Å². The zero-order valence-corrected chi connectivity index (χ0v) is 10.4. The van der Waals surface area contributed by atoms with Crippen molar-refractivity contribution in [3.05, 3.63) is 54.7 Å². The van der Waals surface area contributed by atoms with Crippen molar-refractivity contribution in [3.8, 4) is 23.3 Å². The van der Waals surface area contributed by atoms with Gasteiger partial charge in [-0.05, 0) is 24.3 Å². The van der Waals surface area contributed by atoms with E-state index in [1.807, 2.05) is 18.2 Å². The van der Waals surface area contributed by atoms with Gasteiger partial charge in [-0.1, -0.05) is 0 Å². The van der Waals surface area contributed by atoms with E-state index < -0.39 is 0 Å². The summed E-state index contributed by atoms with van der Waals surface area (Å²) in [7, 11) is 0. The molecule has 0 saturated carbocycles. The van der Waals surface area contributed by atoms with Crippen molar-refractivity contribution >= 4 is 5.69 Å². The van der Waals surface area contributed by atoms with Crippen LogP contribution in [0.4, 0.5) is 5.69 Å². The fraction of sp³-hybridized carbons (Fsp3) is 0. The molecule has 0 atom stereocenters. The number of hydrogen-bond donors (Lipinski definition) is 1. The van der Waals surface area contributed by atoms with E-state index in [-0.39, 0.29) is 5.69 Å². The van der Waals surface area contributed by atoms with Gasteiger partial charge in [0.2, 0.25) is 0 Å². The molecule has 0 unspecified atom stereocenters. The summed E-state index contributed by atoms with van der Waals surface area (Å²) in [4.78, 5) is 12.5. The lowest BCUT2D eigenvalue weighted by molar-refractivity contribution is 0.966. The Hall–Kier alpha value is -3.20. The molecule has 3 aromatic rings. The molecule has 0 saturated heterocycles. The maximum absolute atomic E-state index is 9.11. The fourth-order valence-corrected chi connectivity index (χ4v) is 1.91. The largest absolute Gasteiger partial charge is 0.399 e. The third-order valence-electron chi connectivity index (χ3n) is 2.82. The van der Waals surface area contributed by atoms with Crippen molar-refractivity contribution in [2.24, 2.45) is 0 Å². The fourth-order valence-electron chi connectivity index (χ4n) is 1.91. The Morgan fingerprint density at radius 1 is 1.00 bits per heavy atom. The second kappa shape index (κ2) is 4.82. The number of nitrogen functional groups attached to an aromatic ring is 1. The van der Waals surface area contributed by atoms with E-state index in [0.29, 0.717) is 17.3 Å². The summed E-state index contributed by atoms with van der Waals surface area (Å²) >= 11 is 0. The molecule has 6 nitrogen and oxygen atoms in total. The summed E-state index contributed by atoms with van der Waals surface area (Å²) in [5.74, 6) is 1.14. The van der Waals surface area contributed by atoms with Crippen LogP contribution in [0.3, 0.4) is 0 Å². The maximum atomic E-state index is 9.11. The average molecular weight is 262 g/mol. The SMILES string of the molecule is N#Cc1nccnc1-n1ccnc1-c1ccc(N)cc1. The molecule has 0 fully saturated rings. The van der Waals surface area contributed by atoms with Crippen LogP contribution in [0, 0.1) is 11.3 Å². The average Bonchev–Trinajstić information content (AvgIpc) is 2.97. The van der Waals surface area contributed by atoms with Gasteiger partial charge in [0.05, 0.1) is 0 Å². The Bertz CT molecular complexity index is 782. The second-order valence-electron chi connectivity index (χ2n) is 4.08. The Morgan fingerprint density at radius 2 is 1.75 bits per heavy atom. The van der Waals surface area contributed by atoms with Gasteiger partial charge in [0, 0.05) is 36.0 Å². The van der Waals surface area contributed by atoms with Gasteiger partial charge in [-0.25, -0.2) is 15.0 Å². The van der Waals surface area contributed by atoms with Crippen LogP contribution in [0.2, 0.25) is 0 Å². The smallest absolute Gasteiger partial charge is 0.183 e. The van der Waals surface area contributed by atoms with Gasteiger partial charge < -0.3 is 5.73 Å². The summed E-state index contributed by atoms with van der Waals surface area (Å²) in [5.41, 5.74) is 7.51. The number of nitrogens with zero attached hydrogens (tertiary/aromatic N) is 5. The molecule has 0 amide bonds. The molecular weight excluding hydrogens is 252 g/mol. The van der Waals surface area contributed by atoms with E-state index in [1.165, 1.54) is 6.20 Å². The molecule has 0 bridgehead atoms. The molecule has 2 aromatic heterocycles.